The fourth-order valence-corrected chi connectivity index (χ4v) is 2.70. The first-order valence-corrected chi connectivity index (χ1v) is 6.77. The van der Waals surface area contributed by atoms with Gasteiger partial charge in [-0.3, -0.25) is 0 Å². The van der Waals surface area contributed by atoms with Crippen LogP contribution in [-0.4, -0.2) is 37.6 Å². The molecule has 0 amide bonds. The molecule has 1 atom stereocenters. The van der Waals surface area contributed by atoms with Crippen molar-refractivity contribution in [3.05, 3.63) is 12.2 Å². The van der Waals surface area contributed by atoms with Crippen LogP contribution < -0.4 is 5.32 Å². The molecule has 2 rings (SSSR count). The Hall–Kier alpha value is -0.340. The van der Waals surface area contributed by atoms with Crippen LogP contribution in [0, 0.1) is 5.41 Å². The van der Waals surface area contributed by atoms with E-state index in [9.17, 15) is 0 Å². The molecule has 1 aliphatic carbocycles. The summed E-state index contributed by atoms with van der Waals surface area (Å²) in [6, 6.07) is 0.644. The molecule has 2 nitrogen and oxygen atoms in total. The molecule has 0 aromatic heterocycles. The van der Waals surface area contributed by atoms with Crippen LogP contribution in [0.2, 0.25) is 0 Å². The molecule has 16 heavy (non-hydrogen) atoms. The van der Waals surface area contributed by atoms with Gasteiger partial charge < -0.3 is 10.2 Å². The van der Waals surface area contributed by atoms with Gasteiger partial charge in [-0.1, -0.05) is 19.1 Å². The number of allylic oxidation sites excluding steroid dienone is 1. The molecule has 1 N–H and O–H groups in total. The Labute approximate surface area is 100 Å². The predicted octanol–water partition coefficient (Wildman–Crippen LogP) is 2.42. The first-order valence-electron chi connectivity index (χ1n) is 6.77. The Morgan fingerprint density at radius 1 is 1.38 bits per heavy atom. The van der Waals surface area contributed by atoms with Crippen molar-refractivity contribution in [3.63, 3.8) is 0 Å². The largest absolute Gasteiger partial charge is 0.310 e. The van der Waals surface area contributed by atoms with Crippen LogP contribution in [0.25, 0.3) is 0 Å². The highest BCUT2D eigenvalue weighted by Gasteiger charge is 2.28. The molecule has 0 saturated carbocycles. The molecule has 92 valence electrons. The second-order valence-corrected chi connectivity index (χ2v) is 5.96. The Bertz CT molecular complexity index is 239. The molecule has 0 spiro atoms. The van der Waals surface area contributed by atoms with Gasteiger partial charge in [-0.2, -0.15) is 0 Å². The molecule has 1 saturated heterocycles. The zero-order valence-corrected chi connectivity index (χ0v) is 10.8. The Balaban J connectivity index is 1.76. The monoisotopic (exact) mass is 222 g/mol. The number of nitrogens with one attached hydrogen (secondary N) is 1. The minimum absolute atomic E-state index is 0.526. The Morgan fingerprint density at radius 2 is 2.12 bits per heavy atom. The van der Waals surface area contributed by atoms with E-state index >= 15 is 0 Å². The minimum Gasteiger partial charge on any atom is -0.310 e. The van der Waals surface area contributed by atoms with Gasteiger partial charge in [0.15, 0.2) is 0 Å². The van der Waals surface area contributed by atoms with Crippen molar-refractivity contribution in [1.29, 1.82) is 0 Å². The van der Waals surface area contributed by atoms with Crippen LogP contribution in [0.1, 0.15) is 39.0 Å². The van der Waals surface area contributed by atoms with Gasteiger partial charge >= 0.3 is 0 Å². The van der Waals surface area contributed by atoms with E-state index in [4.69, 9.17) is 0 Å². The van der Waals surface area contributed by atoms with Crippen LogP contribution in [0.3, 0.4) is 0 Å². The summed E-state index contributed by atoms with van der Waals surface area (Å²) in [7, 11) is 2.23. The number of hydrogen-bond donors (Lipinski definition) is 1. The predicted molar refractivity (Wildman–Crippen MR) is 69.6 cm³/mol. The Morgan fingerprint density at radius 3 is 2.75 bits per heavy atom. The van der Waals surface area contributed by atoms with E-state index in [0.29, 0.717) is 11.5 Å². The van der Waals surface area contributed by atoms with Crippen LogP contribution in [0.4, 0.5) is 0 Å². The molecule has 1 unspecified atom stereocenters. The molecule has 1 heterocycles. The summed E-state index contributed by atoms with van der Waals surface area (Å²) >= 11 is 0. The molecule has 2 heteroatoms. The van der Waals surface area contributed by atoms with Gasteiger partial charge in [0, 0.05) is 12.6 Å². The highest BCUT2D eigenvalue weighted by molar-refractivity contribution is 4.98. The van der Waals surface area contributed by atoms with Crippen molar-refractivity contribution in [2.75, 3.05) is 26.7 Å². The van der Waals surface area contributed by atoms with Crippen molar-refractivity contribution < 1.29 is 0 Å². The molecule has 0 bridgehead atoms. The average Bonchev–Trinajstić information content (AvgIpc) is 2.33. The van der Waals surface area contributed by atoms with Crippen molar-refractivity contribution >= 4 is 0 Å². The van der Waals surface area contributed by atoms with E-state index in [1.54, 1.807) is 0 Å². The van der Waals surface area contributed by atoms with Gasteiger partial charge in [-0.25, -0.2) is 0 Å². The maximum Gasteiger partial charge on any atom is 0.0250 e. The first kappa shape index (κ1) is 12.1. The van der Waals surface area contributed by atoms with Crippen LogP contribution in [-0.2, 0) is 0 Å². The number of hydrogen-bond acceptors (Lipinski definition) is 2. The van der Waals surface area contributed by atoms with Crippen molar-refractivity contribution in [2.45, 2.75) is 45.1 Å². The lowest BCUT2D eigenvalue weighted by Gasteiger charge is -2.39. The third-order valence-electron chi connectivity index (χ3n) is 4.24. The molecule has 0 aromatic carbocycles. The zero-order chi connectivity index (χ0) is 11.4. The molecule has 2 aliphatic rings. The van der Waals surface area contributed by atoms with Crippen LogP contribution >= 0.6 is 0 Å². The van der Waals surface area contributed by atoms with Gasteiger partial charge in [-0.05, 0) is 57.7 Å². The highest BCUT2D eigenvalue weighted by atomic mass is 15.1. The van der Waals surface area contributed by atoms with Gasteiger partial charge in [0.1, 0.15) is 0 Å². The first-order chi connectivity index (χ1) is 7.68. The molecule has 1 fully saturated rings. The van der Waals surface area contributed by atoms with Gasteiger partial charge in [0.2, 0.25) is 0 Å². The minimum atomic E-state index is 0.526. The lowest BCUT2D eigenvalue weighted by Crippen LogP contribution is -2.44. The standard InChI is InChI=1S/C14H26N2/c1-14(8-10-16(2)11-9-14)12-15-13-6-4-3-5-7-13/h4,6,13,15H,3,5,7-12H2,1-2H3. The lowest BCUT2D eigenvalue weighted by molar-refractivity contribution is 0.134. The normalized spacial score (nSPS) is 30.5. The molecular weight excluding hydrogens is 196 g/mol. The fraction of sp³-hybridized carbons (Fsp3) is 0.857. The smallest absolute Gasteiger partial charge is 0.0250 e. The van der Waals surface area contributed by atoms with E-state index in [0.717, 1.165) is 0 Å². The summed E-state index contributed by atoms with van der Waals surface area (Å²) in [6.45, 7) is 6.16. The van der Waals surface area contributed by atoms with E-state index in [1.807, 2.05) is 0 Å². The summed E-state index contributed by atoms with van der Waals surface area (Å²) in [5.41, 5.74) is 0.526. The SMILES string of the molecule is CN1CCC(C)(CNC2C=CCCC2)CC1. The fourth-order valence-electron chi connectivity index (χ4n) is 2.70. The van der Waals surface area contributed by atoms with E-state index in [-0.39, 0.29) is 0 Å². The highest BCUT2D eigenvalue weighted by Crippen LogP contribution is 2.29. The Kier molecular flexibility index (Phi) is 4.04. The summed E-state index contributed by atoms with van der Waals surface area (Å²) in [5, 5.41) is 3.74. The quantitative estimate of drug-likeness (QED) is 0.738. The van der Waals surface area contributed by atoms with Gasteiger partial charge in [0.05, 0.1) is 0 Å². The second-order valence-electron chi connectivity index (χ2n) is 5.96. The summed E-state index contributed by atoms with van der Waals surface area (Å²) in [4.78, 5) is 2.45. The number of nitrogens with zero attached hydrogens (tertiary/aromatic N) is 1. The second kappa shape index (κ2) is 5.33. The van der Waals surface area contributed by atoms with Crippen molar-refractivity contribution in [1.82, 2.24) is 10.2 Å². The van der Waals surface area contributed by atoms with Crippen molar-refractivity contribution in [3.8, 4) is 0 Å². The summed E-state index contributed by atoms with van der Waals surface area (Å²) in [6.07, 6.45) is 11.3. The third-order valence-corrected chi connectivity index (χ3v) is 4.24. The van der Waals surface area contributed by atoms with E-state index in [1.165, 1.54) is 51.7 Å². The lowest BCUT2D eigenvalue weighted by atomic mass is 9.80. The van der Waals surface area contributed by atoms with Gasteiger partial charge in [0.25, 0.3) is 0 Å². The number of likely N-dealkylation sites (tertiary alicyclic amines) is 1. The van der Waals surface area contributed by atoms with Crippen LogP contribution in [0.15, 0.2) is 12.2 Å². The summed E-state index contributed by atoms with van der Waals surface area (Å²) < 4.78 is 0. The van der Waals surface area contributed by atoms with E-state index < -0.39 is 0 Å². The van der Waals surface area contributed by atoms with Crippen molar-refractivity contribution in [2.24, 2.45) is 5.41 Å². The van der Waals surface area contributed by atoms with E-state index in [2.05, 4.69) is 36.3 Å². The maximum atomic E-state index is 3.74. The zero-order valence-electron chi connectivity index (χ0n) is 10.8. The molecule has 0 aromatic rings. The average molecular weight is 222 g/mol. The third kappa shape index (κ3) is 3.33. The summed E-state index contributed by atoms with van der Waals surface area (Å²) in [5.74, 6) is 0. The molecule has 0 radical (unpaired) electrons. The molecule has 1 aliphatic heterocycles. The molecular formula is C14H26N2. The topological polar surface area (TPSA) is 15.3 Å². The van der Waals surface area contributed by atoms with Crippen LogP contribution in [0.5, 0.6) is 0 Å². The maximum absolute atomic E-state index is 3.74. The van der Waals surface area contributed by atoms with Gasteiger partial charge in [-0.15, -0.1) is 0 Å². The number of piperidine rings is 1. The number of rotatable bonds is 3.